The number of hydrogen-bond acceptors (Lipinski definition) is 2. The molecular formula is C10H13ClNO2+. The summed E-state index contributed by atoms with van der Waals surface area (Å²) in [5.74, 6) is 0.230. The Kier molecular flexibility index (Phi) is 4.40. The third kappa shape index (κ3) is 3.00. The van der Waals surface area contributed by atoms with Crippen molar-refractivity contribution in [3.63, 3.8) is 0 Å². The Hall–Kier alpha value is -1.09. The summed E-state index contributed by atoms with van der Waals surface area (Å²) in [5, 5.41) is 0. The fourth-order valence-corrected chi connectivity index (χ4v) is 1.29. The number of aromatic nitrogens is 1. The molecule has 4 heteroatoms. The van der Waals surface area contributed by atoms with Crippen LogP contribution in [0.2, 0.25) is 0 Å². The molecule has 0 saturated carbocycles. The fraction of sp³-hybridized carbons (Fsp3) is 0.400. The third-order valence-corrected chi connectivity index (χ3v) is 1.88. The number of esters is 1. The number of carbonyl (C=O) groups is 1. The summed E-state index contributed by atoms with van der Waals surface area (Å²) in [5.41, 5.74) is 0.555. The van der Waals surface area contributed by atoms with E-state index in [0.29, 0.717) is 24.6 Å². The summed E-state index contributed by atoms with van der Waals surface area (Å²) in [6, 6.07) is 3.53. The van der Waals surface area contributed by atoms with Crippen LogP contribution in [0, 0.1) is 0 Å². The van der Waals surface area contributed by atoms with E-state index in [-0.39, 0.29) is 5.97 Å². The quantitative estimate of drug-likeness (QED) is 0.431. The molecule has 0 unspecified atom stereocenters. The topological polar surface area (TPSA) is 30.2 Å². The lowest BCUT2D eigenvalue weighted by Crippen LogP contribution is -2.34. The number of nitrogens with zero attached hydrogens (tertiary/aromatic N) is 1. The minimum absolute atomic E-state index is 0.295. The van der Waals surface area contributed by atoms with Crippen LogP contribution in [0.15, 0.2) is 24.5 Å². The highest BCUT2D eigenvalue weighted by molar-refractivity contribution is 6.17. The number of hydrogen-bond donors (Lipinski definition) is 0. The largest absolute Gasteiger partial charge is 0.462 e. The Labute approximate surface area is 88.3 Å². The number of pyridine rings is 1. The monoisotopic (exact) mass is 214 g/mol. The maximum absolute atomic E-state index is 11.3. The minimum Gasteiger partial charge on any atom is -0.462 e. The molecule has 0 aliphatic heterocycles. The Balaban J connectivity index is 2.77. The number of ether oxygens (including phenoxy) is 1. The van der Waals surface area contributed by atoms with Gasteiger partial charge in [0.15, 0.2) is 18.9 Å². The van der Waals surface area contributed by atoms with Crippen molar-refractivity contribution >= 4 is 17.6 Å². The Bertz CT molecular complexity index is 315. The van der Waals surface area contributed by atoms with Crippen molar-refractivity contribution in [2.24, 2.45) is 0 Å². The molecule has 0 amide bonds. The van der Waals surface area contributed by atoms with Crippen LogP contribution in [0.3, 0.4) is 0 Å². The fourth-order valence-electron chi connectivity index (χ4n) is 1.09. The van der Waals surface area contributed by atoms with Gasteiger partial charge in [-0.2, -0.15) is 0 Å². The summed E-state index contributed by atoms with van der Waals surface area (Å²) >= 11 is 5.59. The first-order valence-electron chi connectivity index (χ1n) is 4.50. The van der Waals surface area contributed by atoms with Gasteiger partial charge in [0.1, 0.15) is 5.56 Å². The molecule has 0 N–H and O–H groups in total. The normalized spacial score (nSPS) is 9.86. The second kappa shape index (κ2) is 5.60. The first-order valence-corrected chi connectivity index (χ1v) is 5.03. The van der Waals surface area contributed by atoms with Gasteiger partial charge in [-0.05, 0) is 13.0 Å². The van der Waals surface area contributed by atoms with Gasteiger partial charge in [0.25, 0.3) is 0 Å². The summed E-state index contributed by atoms with van der Waals surface area (Å²) < 4.78 is 6.74. The second-order valence-corrected chi connectivity index (χ2v) is 3.12. The van der Waals surface area contributed by atoms with E-state index in [1.54, 1.807) is 25.3 Å². The van der Waals surface area contributed by atoms with Crippen molar-refractivity contribution in [3.8, 4) is 0 Å². The lowest BCUT2D eigenvalue weighted by atomic mass is 10.3. The van der Waals surface area contributed by atoms with Crippen molar-refractivity contribution in [3.05, 3.63) is 30.1 Å². The maximum atomic E-state index is 11.3. The van der Waals surface area contributed by atoms with E-state index in [1.807, 2.05) is 10.8 Å². The molecule has 0 aromatic carbocycles. The Morgan fingerprint density at radius 3 is 3.07 bits per heavy atom. The van der Waals surface area contributed by atoms with Crippen LogP contribution in [0.1, 0.15) is 17.3 Å². The number of rotatable bonds is 4. The highest BCUT2D eigenvalue weighted by Crippen LogP contribution is 1.97. The molecule has 0 aliphatic carbocycles. The van der Waals surface area contributed by atoms with Crippen molar-refractivity contribution in [2.75, 3.05) is 12.5 Å². The number of aryl methyl sites for hydroxylation is 1. The standard InChI is InChI=1S/C10H13ClNO2/c1-2-14-10(13)9-4-3-6-12(8-9)7-5-11/h3-4,6,8H,2,5,7H2,1H3/q+1. The van der Waals surface area contributed by atoms with Gasteiger partial charge in [-0.1, -0.05) is 0 Å². The SMILES string of the molecule is CCOC(=O)c1ccc[n+](CCCl)c1. The highest BCUT2D eigenvalue weighted by Gasteiger charge is 2.10. The van der Waals surface area contributed by atoms with Crippen LogP contribution >= 0.6 is 11.6 Å². The zero-order valence-corrected chi connectivity index (χ0v) is 8.83. The lowest BCUT2D eigenvalue weighted by Gasteiger charge is -2.00. The number of carbonyl (C=O) groups excluding carboxylic acids is 1. The van der Waals surface area contributed by atoms with Gasteiger partial charge in [0.05, 0.1) is 12.5 Å². The summed E-state index contributed by atoms with van der Waals surface area (Å²) in [4.78, 5) is 11.3. The molecule has 0 saturated heterocycles. The van der Waals surface area contributed by atoms with Crippen LogP contribution in [-0.4, -0.2) is 18.5 Å². The molecule has 0 aliphatic rings. The molecule has 0 radical (unpaired) electrons. The molecule has 1 aromatic rings. The average molecular weight is 215 g/mol. The highest BCUT2D eigenvalue weighted by atomic mass is 35.5. The Morgan fingerprint density at radius 1 is 1.64 bits per heavy atom. The molecule has 1 aromatic heterocycles. The molecule has 0 fully saturated rings. The molecule has 0 atom stereocenters. The van der Waals surface area contributed by atoms with Crippen LogP contribution in [0.25, 0.3) is 0 Å². The molecular weight excluding hydrogens is 202 g/mol. The molecule has 76 valence electrons. The van der Waals surface area contributed by atoms with Crippen molar-refractivity contribution in [1.29, 1.82) is 0 Å². The van der Waals surface area contributed by atoms with E-state index in [2.05, 4.69) is 0 Å². The van der Waals surface area contributed by atoms with Crippen LogP contribution in [-0.2, 0) is 11.3 Å². The molecule has 0 bridgehead atoms. The van der Waals surface area contributed by atoms with Gasteiger partial charge in [0, 0.05) is 6.07 Å². The van der Waals surface area contributed by atoms with E-state index in [9.17, 15) is 4.79 Å². The molecule has 1 rings (SSSR count). The van der Waals surface area contributed by atoms with Gasteiger partial charge in [-0.25, -0.2) is 9.36 Å². The van der Waals surface area contributed by atoms with E-state index < -0.39 is 0 Å². The molecule has 3 nitrogen and oxygen atoms in total. The van der Waals surface area contributed by atoms with Crippen LogP contribution < -0.4 is 4.57 Å². The van der Waals surface area contributed by atoms with E-state index in [1.165, 1.54) is 0 Å². The average Bonchev–Trinajstić information content (AvgIpc) is 2.19. The van der Waals surface area contributed by atoms with Gasteiger partial charge >= 0.3 is 5.97 Å². The van der Waals surface area contributed by atoms with Gasteiger partial charge in [-0.15, -0.1) is 11.6 Å². The molecule has 0 spiro atoms. The van der Waals surface area contributed by atoms with Crippen molar-refractivity contribution in [2.45, 2.75) is 13.5 Å². The van der Waals surface area contributed by atoms with Crippen molar-refractivity contribution < 1.29 is 14.1 Å². The lowest BCUT2D eigenvalue weighted by molar-refractivity contribution is -0.692. The van der Waals surface area contributed by atoms with E-state index in [4.69, 9.17) is 16.3 Å². The van der Waals surface area contributed by atoms with Gasteiger partial charge in [0.2, 0.25) is 0 Å². The molecule has 14 heavy (non-hydrogen) atoms. The Morgan fingerprint density at radius 2 is 2.43 bits per heavy atom. The van der Waals surface area contributed by atoms with Crippen LogP contribution in [0.4, 0.5) is 0 Å². The number of alkyl halides is 1. The zero-order valence-electron chi connectivity index (χ0n) is 8.07. The predicted molar refractivity (Wildman–Crippen MR) is 53.3 cm³/mol. The first-order chi connectivity index (χ1) is 6.77. The van der Waals surface area contributed by atoms with E-state index in [0.717, 1.165) is 0 Å². The first kappa shape index (κ1) is 11.0. The predicted octanol–water partition coefficient (Wildman–Crippen LogP) is 1.39. The van der Waals surface area contributed by atoms with E-state index >= 15 is 0 Å². The van der Waals surface area contributed by atoms with Crippen molar-refractivity contribution in [1.82, 2.24) is 0 Å². The number of halogens is 1. The second-order valence-electron chi connectivity index (χ2n) is 2.74. The summed E-state index contributed by atoms with van der Waals surface area (Å²) in [7, 11) is 0. The van der Waals surface area contributed by atoms with Gasteiger partial charge < -0.3 is 4.74 Å². The summed E-state index contributed by atoms with van der Waals surface area (Å²) in [6.07, 6.45) is 3.60. The smallest absolute Gasteiger partial charge is 0.344 e. The minimum atomic E-state index is -0.295. The molecule has 1 heterocycles. The zero-order chi connectivity index (χ0) is 10.4. The maximum Gasteiger partial charge on any atom is 0.344 e. The van der Waals surface area contributed by atoms with Gasteiger partial charge in [-0.3, -0.25) is 0 Å². The summed E-state index contributed by atoms with van der Waals surface area (Å²) in [6.45, 7) is 2.87. The van der Waals surface area contributed by atoms with Crippen LogP contribution in [0.5, 0.6) is 0 Å². The third-order valence-electron chi connectivity index (χ3n) is 1.71.